The van der Waals surface area contributed by atoms with E-state index < -0.39 is 0 Å². The van der Waals surface area contributed by atoms with Crippen LogP contribution in [0.4, 0.5) is 0 Å². The molecule has 1 aromatic carbocycles. The monoisotopic (exact) mass is 288 g/mol. The number of methoxy groups -OCH3 is 1. The van der Waals surface area contributed by atoms with Crippen molar-refractivity contribution in [2.45, 2.75) is 45.1 Å². The number of rotatable bonds is 8. The van der Waals surface area contributed by atoms with Gasteiger partial charge in [0.15, 0.2) is 0 Å². The van der Waals surface area contributed by atoms with Gasteiger partial charge in [0, 0.05) is 5.92 Å². The highest BCUT2D eigenvalue weighted by molar-refractivity contribution is 5.29. The van der Waals surface area contributed by atoms with Crippen molar-refractivity contribution in [3.63, 3.8) is 0 Å². The lowest BCUT2D eigenvalue weighted by Crippen LogP contribution is -2.19. The summed E-state index contributed by atoms with van der Waals surface area (Å²) in [5.74, 6) is 1.95. The predicted octanol–water partition coefficient (Wildman–Crippen LogP) is 4.64. The Hall–Kier alpha value is -1.28. The lowest BCUT2D eigenvalue weighted by molar-refractivity contribution is 0.0883. The molecule has 1 aliphatic rings. The van der Waals surface area contributed by atoms with Crippen molar-refractivity contribution in [1.82, 2.24) is 0 Å². The SMILES string of the molecule is C=C[C@H]1[C@H](Cc2cccc(OC)c2)CO[C@@H]1CCCCC. The molecule has 1 aromatic rings. The average Bonchev–Trinajstić information content (AvgIpc) is 2.89. The Kier molecular flexibility index (Phi) is 6.31. The smallest absolute Gasteiger partial charge is 0.119 e. The van der Waals surface area contributed by atoms with Gasteiger partial charge in [-0.05, 0) is 36.5 Å². The van der Waals surface area contributed by atoms with E-state index in [4.69, 9.17) is 9.47 Å². The van der Waals surface area contributed by atoms with E-state index in [2.05, 4.69) is 37.8 Å². The molecule has 2 rings (SSSR count). The van der Waals surface area contributed by atoms with E-state index >= 15 is 0 Å². The molecule has 21 heavy (non-hydrogen) atoms. The van der Waals surface area contributed by atoms with Crippen LogP contribution in [0.2, 0.25) is 0 Å². The van der Waals surface area contributed by atoms with E-state index in [-0.39, 0.29) is 0 Å². The minimum Gasteiger partial charge on any atom is -0.497 e. The van der Waals surface area contributed by atoms with Gasteiger partial charge in [0.25, 0.3) is 0 Å². The zero-order valence-electron chi connectivity index (χ0n) is 13.4. The highest BCUT2D eigenvalue weighted by Gasteiger charge is 2.34. The first-order chi connectivity index (χ1) is 10.3. The van der Waals surface area contributed by atoms with Crippen molar-refractivity contribution < 1.29 is 9.47 Å². The van der Waals surface area contributed by atoms with Crippen LogP contribution in [-0.2, 0) is 11.2 Å². The first-order valence-corrected chi connectivity index (χ1v) is 8.15. The molecular formula is C19H28O2. The topological polar surface area (TPSA) is 18.5 Å². The molecule has 0 bridgehead atoms. The summed E-state index contributed by atoms with van der Waals surface area (Å²) >= 11 is 0. The lowest BCUT2D eigenvalue weighted by Gasteiger charge is -2.19. The number of benzene rings is 1. The van der Waals surface area contributed by atoms with E-state index in [0.29, 0.717) is 17.9 Å². The molecule has 0 aliphatic carbocycles. The average molecular weight is 288 g/mol. The maximum absolute atomic E-state index is 6.04. The molecule has 1 fully saturated rings. The van der Waals surface area contributed by atoms with Gasteiger partial charge in [0.05, 0.1) is 19.8 Å². The Balaban J connectivity index is 1.94. The van der Waals surface area contributed by atoms with Crippen molar-refractivity contribution in [1.29, 1.82) is 0 Å². The van der Waals surface area contributed by atoms with E-state index in [1.807, 2.05) is 6.07 Å². The van der Waals surface area contributed by atoms with Crippen molar-refractivity contribution in [3.05, 3.63) is 42.5 Å². The summed E-state index contributed by atoms with van der Waals surface area (Å²) in [6.07, 6.45) is 8.50. The summed E-state index contributed by atoms with van der Waals surface area (Å²) in [5.41, 5.74) is 1.32. The molecule has 0 radical (unpaired) electrons. The molecule has 0 aromatic heterocycles. The van der Waals surface area contributed by atoms with E-state index in [1.54, 1.807) is 7.11 Å². The van der Waals surface area contributed by atoms with Crippen LogP contribution in [0.25, 0.3) is 0 Å². The van der Waals surface area contributed by atoms with Gasteiger partial charge in [0.2, 0.25) is 0 Å². The first kappa shape index (κ1) is 16.1. The fourth-order valence-corrected chi connectivity index (χ4v) is 3.29. The van der Waals surface area contributed by atoms with E-state index in [0.717, 1.165) is 18.8 Å². The Morgan fingerprint density at radius 2 is 2.24 bits per heavy atom. The second-order valence-electron chi connectivity index (χ2n) is 6.00. The van der Waals surface area contributed by atoms with Crippen LogP contribution < -0.4 is 4.74 Å². The van der Waals surface area contributed by atoms with Crippen LogP contribution in [0.5, 0.6) is 5.75 Å². The highest BCUT2D eigenvalue weighted by atomic mass is 16.5. The van der Waals surface area contributed by atoms with Crippen molar-refractivity contribution in [2.24, 2.45) is 11.8 Å². The van der Waals surface area contributed by atoms with Gasteiger partial charge in [-0.15, -0.1) is 6.58 Å². The van der Waals surface area contributed by atoms with Crippen molar-refractivity contribution in [3.8, 4) is 5.75 Å². The van der Waals surface area contributed by atoms with Gasteiger partial charge >= 0.3 is 0 Å². The zero-order chi connectivity index (χ0) is 15.1. The largest absolute Gasteiger partial charge is 0.497 e. The van der Waals surface area contributed by atoms with Gasteiger partial charge < -0.3 is 9.47 Å². The Labute approximate surface area is 129 Å². The third-order valence-corrected chi connectivity index (χ3v) is 4.49. The minimum absolute atomic E-state index is 0.365. The second kappa shape index (κ2) is 8.23. The van der Waals surface area contributed by atoms with Gasteiger partial charge in [-0.3, -0.25) is 0 Å². The molecule has 1 aliphatic heterocycles. The maximum Gasteiger partial charge on any atom is 0.119 e. The normalized spacial score (nSPS) is 25.0. The number of hydrogen-bond donors (Lipinski definition) is 0. The summed E-state index contributed by atoms with van der Waals surface area (Å²) in [7, 11) is 1.72. The third-order valence-electron chi connectivity index (χ3n) is 4.49. The quantitative estimate of drug-likeness (QED) is 0.512. The Bertz CT molecular complexity index is 441. The molecule has 3 atom stereocenters. The Morgan fingerprint density at radius 1 is 1.38 bits per heavy atom. The fraction of sp³-hybridized carbons (Fsp3) is 0.579. The zero-order valence-corrected chi connectivity index (χ0v) is 13.4. The third kappa shape index (κ3) is 4.34. The lowest BCUT2D eigenvalue weighted by atomic mass is 9.84. The molecule has 0 spiro atoms. The Morgan fingerprint density at radius 3 is 2.95 bits per heavy atom. The highest BCUT2D eigenvalue weighted by Crippen LogP contribution is 2.34. The summed E-state index contributed by atoms with van der Waals surface area (Å²) in [6, 6.07) is 8.36. The predicted molar refractivity (Wildman–Crippen MR) is 87.8 cm³/mol. The van der Waals surface area contributed by atoms with Crippen LogP contribution in [0.1, 0.15) is 38.2 Å². The number of unbranched alkanes of at least 4 members (excludes halogenated alkanes) is 2. The molecule has 116 valence electrons. The second-order valence-corrected chi connectivity index (χ2v) is 6.00. The van der Waals surface area contributed by atoms with Gasteiger partial charge in [-0.2, -0.15) is 0 Å². The molecular weight excluding hydrogens is 260 g/mol. The van der Waals surface area contributed by atoms with Crippen molar-refractivity contribution >= 4 is 0 Å². The first-order valence-electron chi connectivity index (χ1n) is 8.15. The standard InChI is InChI=1S/C19H28O2/c1-4-6-7-11-19-18(5-2)16(14-21-19)12-15-9-8-10-17(13-15)20-3/h5,8-10,13,16,18-19H,2,4,6-7,11-12,14H2,1,3H3/t16-,18+,19-/m1/s1. The van der Waals surface area contributed by atoms with Crippen LogP contribution in [0.15, 0.2) is 36.9 Å². The van der Waals surface area contributed by atoms with Crippen LogP contribution in [0.3, 0.4) is 0 Å². The minimum atomic E-state index is 0.365. The molecule has 0 saturated carbocycles. The summed E-state index contributed by atoms with van der Waals surface area (Å²) in [4.78, 5) is 0. The van der Waals surface area contributed by atoms with Crippen molar-refractivity contribution in [2.75, 3.05) is 13.7 Å². The van der Waals surface area contributed by atoms with Crippen LogP contribution in [-0.4, -0.2) is 19.8 Å². The van der Waals surface area contributed by atoms with E-state index in [1.165, 1.54) is 31.2 Å². The summed E-state index contributed by atoms with van der Waals surface area (Å²) in [5, 5.41) is 0. The van der Waals surface area contributed by atoms with Crippen LogP contribution >= 0.6 is 0 Å². The molecule has 0 unspecified atom stereocenters. The molecule has 1 heterocycles. The number of hydrogen-bond acceptors (Lipinski definition) is 2. The maximum atomic E-state index is 6.04. The summed E-state index contributed by atoms with van der Waals surface area (Å²) in [6.45, 7) is 7.14. The molecule has 0 N–H and O–H groups in total. The van der Waals surface area contributed by atoms with Gasteiger partial charge in [-0.25, -0.2) is 0 Å². The molecule has 1 saturated heterocycles. The fourth-order valence-electron chi connectivity index (χ4n) is 3.29. The van der Waals surface area contributed by atoms with E-state index in [9.17, 15) is 0 Å². The van der Waals surface area contributed by atoms with Gasteiger partial charge in [-0.1, -0.05) is 44.4 Å². The van der Waals surface area contributed by atoms with Gasteiger partial charge in [0.1, 0.15) is 5.75 Å². The molecule has 0 amide bonds. The van der Waals surface area contributed by atoms with Crippen LogP contribution in [0, 0.1) is 11.8 Å². The molecule has 2 heteroatoms. The number of ether oxygens (including phenoxy) is 2. The molecule has 2 nitrogen and oxygen atoms in total. The summed E-state index contributed by atoms with van der Waals surface area (Å²) < 4.78 is 11.3.